The molecule has 0 aliphatic carbocycles. The first-order valence-electron chi connectivity index (χ1n) is 5.49. The van der Waals surface area contributed by atoms with Crippen molar-refractivity contribution in [2.75, 3.05) is 6.61 Å². The molecule has 0 N–H and O–H groups in total. The van der Waals surface area contributed by atoms with Gasteiger partial charge in [-0.2, -0.15) is 13.2 Å². The van der Waals surface area contributed by atoms with Crippen LogP contribution in [0.3, 0.4) is 0 Å². The molecule has 0 amide bonds. The van der Waals surface area contributed by atoms with Gasteiger partial charge in [-0.1, -0.05) is 0 Å². The average molecular weight is 325 g/mol. The molecule has 114 valence electrons. The second-order valence-electron chi connectivity index (χ2n) is 3.59. The zero-order valence-corrected chi connectivity index (χ0v) is 11.2. The van der Waals surface area contributed by atoms with Crippen molar-refractivity contribution in [3.8, 4) is 5.75 Å². The number of aromatic nitrogens is 1. The third-order valence-electron chi connectivity index (χ3n) is 2.19. The molecule has 0 saturated carbocycles. The maximum atomic E-state index is 13.5. The Labute approximate surface area is 119 Å². The van der Waals surface area contributed by atoms with Crippen LogP contribution in [0.25, 0.3) is 11.0 Å². The van der Waals surface area contributed by atoms with E-state index in [9.17, 15) is 22.4 Å². The van der Waals surface area contributed by atoms with Crippen molar-refractivity contribution in [1.82, 2.24) is 4.98 Å². The summed E-state index contributed by atoms with van der Waals surface area (Å²) in [7, 11) is 0. The molecule has 2 aromatic rings. The molecular weight excluding hydrogens is 318 g/mol. The van der Waals surface area contributed by atoms with Crippen LogP contribution in [0.4, 0.5) is 17.6 Å². The summed E-state index contributed by atoms with van der Waals surface area (Å²) in [6.07, 6.45) is 1.82. The smallest absolute Gasteiger partial charge is 0.460 e. The van der Waals surface area contributed by atoms with Crippen molar-refractivity contribution in [3.63, 3.8) is 0 Å². The predicted molar refractivity (Wildman–Crippen MR) is 64.2 cm³/mol. The fraction of sp³-hybridized carbons (Fsp3) is 0.273. The van der Waals surface area contributed by atoms with Crippen LogP contribution in [-0.2, 0) is 4.74 Å². The Hall–Kier alpha value is -1.97. The van der Waals surface area contributed by atoms with E-state index in [0.29, 0.717) is 0 Å². The highest BCUT2D eigenvalue weighted by molar-refractivity contribution is 7.95. The first-order valence-corrected chi connectivity index (χ1v) is 6.23. The van der Waals surface area contributed by atoms with Gasteiger partial charge in [-0.05, 0) is 6.92 Å². The number of hydrogen-bond acceptors (Lipinski definition) is 6. The van der Waals surface area contributed by atoms with Crippen molar-refractivity contribution >= 4 is 29.0 Å². The minimum absolute atomic E-state index is 0.0392. The Kier molecular flexibility index (Phi) is 4.26. The van der Waals surface area contributed by atoms with Gasteiger partial charge in [-0.15, -0.1) is 0 Å². The number of rotatable bonds is 4. The Balaban J connectivity index is 2.50. The Bertz CT molecular complexity index is 670. The molecule has 10 heteroatoms. The number of nitrogens with zero attached hydrogens (tertiary/aromatic N) is 1. The number of carbonyl (C=O) groups is 1. The summed E-state index contributed by atoms with van der Waals surface area (Å²) in [6.45, 7) is 1.45. The summed E-state index contributed by atoms with van der Waals surface area (Å²) in [5, 5.41) is -0.199. The number of fused-ring (bicyclic) bond motifs is 1. The Morgan fingerprint density at radius 2 is 2.14 bits per heavy atom. The van der Waals surface area contributed by atoms with Gasteiger partial charge in [-0.25, -0.2) is 9.18 Å². The van der Waals surface area contributed by atoms with Gasteiger partial charge in [-0.3, -0.25) is 4.98 Å². The number of alkyl halides is 3. The molecule has 21 heavy (non-hydrogen) atoms. The van der Waals surface area contributed by atoms with Crippen LogP contribution in [-0.4, -0.2) is 23.1 Å². The minimum atomic E-state index is -4.71. The van der Waals surface area contributed by atoms with Crippen LogP contribution >= 0.6 is 12.0 Å². The van der Waals surface area contributed by atoms with Crippen LogP contribution < -0.4 is 4.18 Å². The number of halogens is 4. The van der Waals surface area contributed by atoms with E-state index < -0.39 is 46.4 Å². The van der Waals surface area contributed by atoms with Crippen molar-refractivity contribution in [3.05, 3.63) is 24.0 Å². The van der Waals surface area contributed by atoms with Gasteiger partial charge in [0.1, 0.15) is 0 Å². The SMILES string of the molecule is CCOC(=O)c1oc2c(F)cncc2c1OSC(F)(F)F. The van der Waals surface area contributed by atoms with E-state index in [-0.39, 0.29) is 12.0 Å². The molecule has 0 aliphatic heterocycles. The van der Waals surface area contributed by atoms with E-state index in [0.717, 1.165) is 12.4 Å². The van der Waals surface area contributed by atoms with Crippen LogP contribution in [0, 0.1) is 5.82 Å². The van der Waals surface area contributed by atoms with Crippen molar-refractivity contribution < 1.29 is 35.7 Å². The van der Waals surface area contributed by atoms with Gasteiger partial charge in [0.2, 0.25) is 5.75 Å². The van der Waals surface area contributed by atoms with Crippen LogP contribution in [0.15, 0.2) is 16.8 Å². The number of pyridine rings is 1. The molecule has 0 radical (unpaired) electrons. The molecule has 0 aliphatic rings. The molecule has 0 bridgehead atoms. The maximum Gasteiger partial charge on any atom is 0.479 e. The molecule has 0 fully saturated rings. The van der Waals surface area contributed by atoms with E-state index in [1.807, 2.05) is 0 Å². The van der Waals surface area contributed by atoms with Crippen molar-refractivity contribution in [1.29, 1.82) is 0 Å². The van der Waals surface area contributed by atoms with Gasteiger partial charge in [0, 0.05) is 6.20 Å². The number of carbonyl (C=O) groups excluding carboxylic acids is 1. The van der Waals surface area contributed by atoms with Crippen LogP contribution in [0.2, 0.25) is 0 Å². The third-order valence-corrected chi connectivity index (χ3v) is 2.63. The zero-order chi connectivity index (χ0) is 15.6. The predicted octanol–water partition coefficient (Wildman–Crippen LogP) is 3.69. The summed E-state index contributed by atoms with van der Waals surface area (Å²) in [6, 6.07) is 0. The molecule has 0 spiro atoms. The monoisotopic (exact) mass is 325 g/mol. The largest absolute Gasteiger partial charge is 0.479 e. The van der Waals surface area contributed by atoms with Gasteiger partial charge < -0.3 is 13.3 Å². The van der Waals surface area contributed by atoms with Crippen molar-refractivity contribution in [2.45, 2.75) is 12.4 Å². The van der Waals surface area contributed by atoms with Crippen LogP contribution in [0.1, 0.15) is 17.5 Å². The lowest BCUT2D eigenvalue weighted by molar-refractivity contribution is -0.0370. The highest BCUT2D eigenvalue weighted by Crippen LogP contribution is 2.40. The van der Waals surface area contributed by atoms with E-state index >= 15 is 0 Å². The number of esters is 1. The number of furan rings is 1. The van der Waals surface area contributed by atoms with Gasteiger partial charge >= 0.3 is 11.5 Å². The first kappa shape index (κ1) is 15.4. The molecule has 2 rings (SSSR count). The van der Waals surface area contributed by atoms with E-state index in [1.54, 1.807) is 0 Å². The van der Waals surface area contributed by atoms with Crippen molar-refractivity contribution in [2.24, 2.45) is 0 Å². The number of ether oxygens (including phenoxy) is 1. The second-order valence-corrected chi connectivity index (χ2v) is 4.39. The van der Waals surface area contributed by atoms with Gasteiger partial charge in [0.25, 0.3) is 5.76 Å². The minimum Gasteiger partial charge on any atom is -0.460 e. The third kappa shape index (κ3) is 3.38. The fourth-order valence-corrected chi connectivity index (χ4v) is 1.81. The second kappa shape index (κ2) is 5.80. The molecule has 0 unspecified atom stereocenters. The Morgan fingerprint density at radius 3 is 2.76 bits per heavy atom. The molecular formula is C11H7F4NO4S. The molecule has 0 saturated heterocycles. The van der Waals surface area contributed by atoms with Gasteiger partial charge in [0.15, 0.2) is 23.4 Å². The summed E-state index contributed by atoms with van der Waals surface area (Å²) in [5.74, 6) is -3.25. The summed E-state index contributed by atoms with van der Waals surface area (Å²) in [4.78, 5) is 15.1. The highest BCUT2D eigenvalue weighted by atomic mass is 32.2. The van der Waals surface area contributed by atoms with E-state index in [2.05, 4.69) is 13.9 Å². The highest BCUT2D eigenvalue weighted by Gasteiger charge is 2.34. The first-order chi connectivity index (χ1) is 9.83. The average Bonchev–Trinajstić information content (AvgIpc) is 2.76. The summed E-state index contributed by atoms with van der Waals surface area (Å²) >= 11 is -0.856. The molecule has 2 aromatic heterocycles. The molecule has 2 heterocycles. The van der Waals surface area contributed by atoms with Crippen LogP contribution in [0.5, 0.6) is 5.75 Å². The number of hydrogen-bond donors (Lipinski definition) is 0. The topological polar surface area (TPSA) is 61.6 Å². The van der Waals surface area contributed by atoms with E-state index in [4.69, 9.17) is 4.42 Å². The lowest BCUT2D eigenvalue weighted by atomic mass is 10.3. The fourth-order valence-electron chi connectivity index (χ4n) is 1.46. The lowest BCUT2D eigenvalue weighted by Crippen LogP contribution is -2.07. The standard InChI is InChI=1S/C11H7F4NO4S/c1-2-18-10(17)9-8(20-21-11(13,14)15)5-3-16-4-6(12)7(5)19-9/h3-4H,2H2,1H3. The normalized spacial score (nSPS) is 11.7. The lowest BCUT2D eigenvalue weighted by Gasteiger charge is -2.06. The zero-order valence-electron chi connectivity index (χ0n) is 10.4. The molecule has 0 aromatic carbocycles. The Morgan fingerprint density at radius 1 is 1.43 bits per heavy atom. The quantitative estimate of drug-likeness (QED) is 0.485. The molecule has 5 nitrogen and oxygen atoms in total. The summed E-state index contributed by atoms with van der Waals surface area (Å²) < 4.78 is 64.1. The molecule has 0 atom stereocenters. The maximum absolute atomic E-state index is 13.5. The summed E-state index contributed by atoms with van der Waals surface area (Å²) in [5.41, 5.74) is -5.15. The van der Waals surface area contributed by atoms with E-state index in [1.165, 1.54) is 6.92 Å². The van der Waals surface area contributed by atoms with Gasteiger partial charge in [0.05, 0.1) is 18.2 Å².